The van der Waals surface area contributed by atoms with E-state index in [4.69, 9.17) is 5.26 Å². The Morgan fingerprint density at radius 1 is 1.53 bits per heavy atom. The zero-order chi connectivity index (χ0) is 11.1. The van der Waals surface area contributed by atoms with E-state index in [9.17, 15) is 4.79 Å². The zero-order valence-electron chi connectivity index (χ0n) is 9.12. The molecule has 1 fully saturated rings. The number of urea groups is 1. The van der Waals surface area contributed by atoms with Gasteiger partial charge in [0.25, 0.3) is 0 Å². The summed E-state index contributed by atoms with van der Waals surface area (Å²) in [5, 5.41) is 14.2. The van der Waals surface area contributed by atoms with Gasteiger partial charge in [0.1, 0.15) is 0 Å². The maximum Gasteiger partial charge on any atom is 0.314 e. The molecule has 2 amide bonds. The van der Waals surface area contributed by atoms with E-state index < -0.39 is 0 Å². The van der Waals surface area contributed by atoms with E-state index in [-0.39, 0.29) is 12.1 Å². The van der Waals surface area contributed by atoms with E-state index >= 15 is 0 Å². The molecule has 1 saturated heterocycles. The first-order chi connectivity index (χ1) is 7.26. The van der Waals surface area contributed by atoms with Crippen molar-refractivity contribution in [3.8, 4) is 6.07 Å². The predicted molar refractivity (Wildman–Crippen MR) is 57.3 cm³/mol. The summed E-state index contributed by atoms with van der Waals surface area (Å²) >= 11 is 0. The summed E-state index contributed by atoms with van der Waals surface area (Å²) in [6.07, 6.45) is 1.86. The molecule has 2 N–H and O–H groups in total. The third-order valence-corrected chi connectivity index (χ3v) is 2.55. The highest BCUT2D eigenvalue weighted by atomic mass is 16.2. The Kier molecular flexibility index (Phi) is 4.91. The van der Waals surface area contributed by atoms with Gasteiger partial charge in [-0.25, -0.2) is 4.79 Å². The van der Waals surface area contributed by atoms with Gasteiger partial charge < -0.3 is 10.6 Å². The number of hydrogen-bond donors (Lipinski definition) is 2. The first-order valence-corrected chi connectivity index (χ1v) is 5.40. The third kappa shape index (κ3) is 4.17. The average Bonchev–Trinajstić information content (AvgIpc) is 2.22. The molecule has 0 aromatic carbocycles. The number of amides is 2. The Labute approximate surface area is 90.4 Å². The molecule has 0 aliphatic carbocycles. The van der Waals surface area contributed by atoms with Gasteiger partial charge >= 0.3 is 6.03 Å². The molecule has 84 valence electrons. The SMILES string of the molecule is CCNC(=O)NC1CCN(CC#N)CC1. The van der Waals surface area contributed by atoms with E-state index in [1.807, 2.05) is 6.92 Å². The van der Waals surface area contributed by atoms with Crippen molar-refractivity contribution in [2.24, 2.45) is 0 Å². The maximum atomic E-state index is 11.2. The fraction of sp³-hybridized carbons (Fsp3) is 0.800. The van der Waals surface area contributed by atoms with Crippen LogP contribution in [-0.4, -0.2) is 43.2 Å². The number of likely N-dealkylation sites (tertiary alicyclic amines) is 1. The molecule has 0 radical (unpaired) electrons. The Hall–Kier alpha value is -1.28. The summed E-state index contributed by atoms with van der Waals surface area (Å²) in [5.41, 5.74) is 0. The monoisotopic (exact) mass is 210 g/mol. The fourth-order valence-electron chi connectivity index (χ4n) is 1.73. The second-order valence-corrected chi connectivity index (χ2v) is 3.71. The molecule has 0 unspecified atom stereocenters. The largest absolute Gasteiger partial charge is 0.338 e. The van der Waals surface area contributed by atoms with Gasteiger partial charge in [-0.3, -0.25) is 4.90 Å². The Bertz CT molecular complexity index is 240. The average molecular weight is 210 g/mol. The van der Waals surface area contributed by atoms with Crippen molar-refractivity contribution in [3.63, 3.8) is 0 Å². The molecular formula is C10H18N4O. The quantitative estimate of drug-likeness (QED) is 0.658. The minimum atomic E-state index is -0.0868. The van der Waals surface area contributed by atoms with Crippen LogP contribution >= 0.6 is 0 Å². The molecule has 0 aromatic heterocycles. The van der Waals surface area contributed by atoms with E-state index in [0.29, 0.717) is 13.1 Å². The highest BCUT2D eigenvalue weighted by Crippen LogP contribution is 2.09. The Balaban J connectivity index is 2.20. The molecular weight excluding hydrogens is 192 g/mol. The second kappa shape index (κ2) is 6.25. The van der Waals surface area contributed by atoms with Crippen molar-refractivity contribution in [3.05, 3.63) is 0 Å². The van der Waals surface area contributed by atoms with E-state index in [1.54, 1.807) is 0 Å². The lowest BCUT2D eigenvalue weighted by atomic mass is 10.1. The molecule has 0 bridgehead atoms. The molecule has 0 atom stereocenters. The smallest absolute Gasteiger partial charge is 0.314 e. The topological polar surface area (TPSA) is 68.2 Å². The van der Waals surface area contributed by atoms with Gasteiger partial charge in [-0.15, -0.1) is 0 Å². The van der Waals surface area contributed by atoms with Crippen LogP contribution in [0.2, 0.25) is 0 Å². The number of piperidine rings is 1. The van der Waals surface area contributed by atoms with Crippen LogP contribution in [0.3, 0.4) is 0 Å². The fourth-order valence-corrected chi connectivity index (χ4v) is 1.73. The second-order valence-electron chi connectivity index (χ2n) is 3.71. The van der Waals surface area contributed by atoms with Crippen LogP contribution in [0.1, 0.15) is 19.8 Å². The van der Waals surface area contributed by atoms with Gasteiger partial charge in [0.15, 0.2) is 0 Å². The van der Waals surface area contributed by atoms with Gasteiger partial charge in [-0.1, -0.05) is 0 Å². The highest BCUT2D eigenvalue weighted by Gasteiger charge is 2.19. The van der Waals surface area contributed by atoms with E-state index in [2.05, 4.69) is 21.6 Å². The third-order valence-electron chi connectivity index (χ3n) is 2.55. The molecule has 5 heteroatoms. The summed E-state index contributed by atoms with van der Waals surface area (Å²) in [4.78, 5) is 13.3. The number of carbonyl (C=O) groups excluding carboxylic acids is 1. The summed E-state index contributed by atoms with van der Waals surface area (Å²) in [6.45, 7) is 4.83. The number of nitriles is 1. The lowest BCUT2D eigenvalue weighted by Gasteiger charge is -2.30. The molecule has 0 saturated carbocycles. The molecule has 15 heavy (non-hydrogen) atoms. The van der Waals surface area contributed by atoms with Crippen molar-refractivity contribution in [1.82, 2.24) is 15.5 Å². The molecule has 1 heterocycles. The summed E-state index contributed by atoms with van der Waals surface area (Å²) < 4.78 is 0. The molecule has 1 rings (SSSR count). The number of hydrogen-bond acceptors (Lipinski definition) is 3. The lowest BCUT2D eigenvalue weighted by Crippen LogP contribution is -2.47. The number of carbonyl (C=O) groups is 1. The van der Waals surface area contributed by atoms with Gasteiger partial charge in [0.05, 0.1) is 12.6 Å². The van der Waals surface area contributed by atoms with Crippen molar-refractivity contribution in [1.29, 1.82) is 5.26 Å². The van der Waals surface area contributed by atoms with E-state index in [0.717, 1.165) is 25.9 Å². The predicted octanol–water partition coefficient (Wildman–Crippen LogP) is 0.293. The number of rotatable bonds is 3. The van der Waals surface area contributed by atoms with Crippen molar-refractivity contribution >= 4 is 6.03 Å². The van der Waals surface area contributed by atoms with Crippen LogP contribution in [0, 0.1) is 11.3 Å². The van der Waals surface area contributed by atoms with Crippen molar-refractivity contribution in [2.45, 2.75) is 25.8 Å². The van der Waals surface area contributed by atoms with Crippen molar-refractivity contribution in [2.75, 3.05) is 26.2 Å². The molecule has 0 aromatic rings. The minimum Gasteiger partial charge on any atom is -0.338 e. The first-order valence-electron chi connectivity index (χ1n) is 5.40. The van der Waals surface area contributed by atoms with Crippen LogP contribution < -0.4 is 10.6 Å². The number of nitrogens with zero attached hydrogens (tertiary/aromatic N) is 2. The normalized spacial score (nSPS) is 18.1. The lowest BCUT2D eigenvalue weighted by molar-refractivity contribution is 0.205. The summed E-state index contributed by atoms with van der Waals surface area (Å²) in [5.74, 6) is 0. The van der Waals surface area contributed by atoms with Crippen LogP contribution in [-0.2, 0) is 0 Å². The van der Waals surface area contributed by atoms with Crippen molar-refractivity contribution < 1.29 is 4.79 Å². The van der Waals surface area contributed by atoms with Crippen LogP contribution in [0.5, 0.6) is 0 Å². The number of nitrogens with one attached hydrogen (secondary N) is 2. The summed E-state index contributed by atoms with van der Waals surface area (Å²) in [7, 11) is 0. The highest BCUT2D eigenvalue weighted by molar-refractivity contribution is 5.74. The zero-order valence-corrected chi connectivity index (χ0v) is 9.12. The van der Waals surface area contributed by atoms with Gasteiger partial charge in [-0.2, -0.15) is 5.26 Å². The molecule has 1 aliphatic rings. The van der Waals surface area contributed by atoms with E-state index in [1.165, 1.54) is 0 Å². The minimum absolute atomic E-state index is 0.0868. The molecule has 0 spiro atoms. The Morgan fingerprint density at radius 3 is 2.73 bits per heavy atom. The maximum absolute atomic E-state index is 11.2. The molecule has 1 aliphatic heterocycles. The van der Waals surface area contributed by atoms with Gasteiger partial charge in [0.2, 0.25) is 0 Å². The first kappa shape index (κ1) is 11.8. The molecule has 5 nitrogen and oxygen atoms in total. The standard InChI is InChI=1S/C10H18N4O/c1-2-12-10(15)13-9-3-6-14(7-4-9)8-5-11/h9H,2-4,6-8H2,1H3,(H2,12,13,15). The van der Waals surface area contributed by atoms with Gasteiger partial charge in [-0.05, 0) is 19.8 Å². The Morgan fingerprint density at radius 2 is 2.20 bits per heavy atom. The summed E-state index contributed by atoms with van der Waals surface area (Å²) in [6, 6.07) is 2.31. The van der Waals surface area contributed by atoms with Gasteiger partial charge in [0, 0.05) is 25.7 Å². The van der Waals surface area contributed by atoms with Crippen LogP contribution in [0.4, 0.5) is 4.79 Å². The van der Waals surface area contributed by atoms with Crippen LogP contribution in [0.25, 0.3) is 0 Å². The van der Waals surface area contributed by atoms with Crippen LogP contribution in [0.15, 0.2) is 0 Å².